The van der Waals surface area contributed by atoms with Crippen molar-refractivity contribution in [3.8, 4) is 0 Å². The van der Waals surface area contributed by atoms with Crippen LogP contribution in [0.4, 0.5) is 11.4 Å². The second-order valence-electron chi connectivity index (χ2n) is 11.2. The van der Waals surface area contributed by atoms with Gasteiger partial charge >= 0.3 is 0 Å². The first kappa shape index (κ1) is 25.3. The number of fused-ring (bicyclic) bond motifs is 2. The minimum atomic E-state index is -1.29. The number of allylic oxidation sites excluding steroid dienone is 2. The molecule has 0 bridgehead atoms. The summed E-state index contributed by atoms with van der Waals surface area (Å²) in [5, 5.41) is 23.7. The fourth-order valence-electron chi connectivity index (χ4n) is 6.32. The van der Waals surface area contributed by atoms with Crippen LogP contribution in [-0.4, -0.2) is 42.3 Å². The lowest BCUT2D eigenvalue weighted by molar-refractivity contribution is -0.127. The molecule has 2 aromatic rings. The zero-order valence-electron chi connectivity index (χ0n) is 21.4. The number of benzene rings is 2. The van der Waals surface area contributed by atoms with E-state index in [1.165, 1.54) is 0 Å². The second-order valence-corrected chi connectivity index (χ2v) is 12.1. The average molecular weight is 527 g/mol. The van der Waals surface area contributed by atoms with E-state index in [0.29, 0.717) is 10.0 Å². The molecule has 0 aromatic heterocycles. The fourth-order valence-corrected chi connectivity index (χ4v) is 6.67. The van der Waals surface area contributed by atoms with Crippen LogP contribution in [0.15, 0.2) is 59.9 Å². The second kappa shape index (κ2) is 8.35. The zero-order chi connectivity index (χ0) is 26.3. The zero-order valence-corrected chi connectivity index (χ0v) is 22.9. The van der Waals surface area contributed by atoms with E-state index in [9.17, 15) is 15.0 Å². The molecule has 0 spiro atoms. The Morgan fingerprint density at radius 2 is 1.25 bits per heavy atom. The number of carbonyl (C=O) groups is 1. The van der Waals surface area contributed by atoms with Gasteiger partial charge in [-0.05, 0) is 47.5 Å². The van der Waals surface area contributed by atoms with Crippen LogP contribution in [0.2, 0.25) is 10.0 Å². The molecule has 1 fully saturated rings. The third-order valence-electron chi connectivity index (χ3n) is 8.42. The number of ketones is 1. The van der Waals surface area contributed by atoms with Gasteiger partial charge in [0.05, 0.1) is 12.0 Å². The van der Waals surface area contributed by atoms with Crippen molar-refractivity contribution in [2.45, 2.75) is 50.7 Å². The van der Waals surface area contributed by atoms with E-state index in [1.807, 2.05) is 67.5 Å². The number of hydrogen-bond donors (Lipinski definition) is 2. The molecule has 0 saturated heterocycles. The van der Waals surface area contributed by atoms with Crippen molar-refractivity contribution in [3.05, 3.63) is 81.1 Å². The number of anilines is 2. The number of rotatable bonds is 2. The Kier molecular flexibility index (Phi) is 5.88. The quantitative estimate of drug-likeness (QED) is 0.544. The van der Waals surface area contributed by atoms with Crippen LogP contribution in [0, 0.1) is 11.8 Å². The molecular formula is C29H32Cl2N2O3. The van der Waals surface area contributed by atoms with Gasteiger partial charge < -0.3 is 20.0 Å². The molecule has 2 aromatic carbocycles. The Labute approximate surface area is 222 Å². The maximum Gasteiger partial charge on any atom is 0.171 e. The van der Waals surface area contributed by atoms with Crippen LogP contribution in [0.5, 0.6) is 0 Å². The van der Waals surface area contributed by atoms with E-state index in [2.05, 4.69) is 32.6 Å². The van der Waals surface area contributed by atoms with E-state index in [1.54, 1.807) is 0 Å². The van der Waals surface area contributed by atoms with Crippen molar-refractivity contribution in [2.24, 2.45) is 11.8 Å². The van der Waals surface area contributed by atoms with Crippen LogP contribution < -0.4 is 9.80 Å². The average Bonchev–Trinajstić information content (AvgIpc) is 3.21. The Hall–Kier alpha value is -2.31. The molecule has 4 unspecified atom stereocenters. The molecule has 0 radical (unpaired) electrons. The van der Waals surface area contributed by atoms with Crippen molar-refractivity contribution < 1.29 is 15.0 Å². The number of likely N-dealkylation sites (N-methyl/N-ethyl adjacent to an activating group) is 2. The summed E-state index contributed by atoms with van der Waals surface area (Å²) >= 11 is 12.6. The molecule has 2 N–H and O–H groups in total. The number of aliphatic hydroxyl groups is 2. The maximum absolute atomic E-state index is 13.3. The molecule has 1 saturated carbocycles. The van der Waals surface area contributed by atoms with Crippen molar-refractivity contribution in [3.63, 3.8) is 0 Å². The van der Waals surface area contributed by atoms with Crippen molar-refractivity contribution in [2.75, 3.05) is 23.9 Å². The maximum atomic E-state index is 13.3. The van der Waals surface area contributed by atoms with E-state index >= 15 is 0 Å². The van der Waals surface area contributed by atoms with E-state index < -0.39 is 34.9 Å². The highest BCUT2D eigenvalue weighted by molar-refractivity contribution is 6.31. The molecule has 0 amide bonds. The number of nitrogens with zero attached hydrogens (tertiary/aromatic N) is 2. The minimum Gasteiger partial charge on any atom is -0.391 e. The number of aliphatic hydroxyl groups excluding tert-OH is 2. The Bertz CT molecular complexity index is 1330. The first-order valence-electron chi connectivity index (χ1n) is 12.2. The van der Waals surface area contributed by atoms with Gasteiger partial charge in [0.2, 0.25) is 0 Å². The van der Waals surface area contributed by atoms with Gasteiger partial charge in [0.25, 0.3) is 0 Å². The Morgan fingerprint density at radius 3 is 1.72 bits per heavy atom. The number of carbonyl (C=O) groups excluding carboxylic acids is 1. The molecule has 5 nitrogen and oxygen atoms in total. The summed E-state index contributed by atoms with van der Waals surface area (Å²) in [5.41, 5.74) is 5.18. The number of Topliss-reactive ketones (excluding diaryl/α,β-unsaturated/α-hetero) is 1. The van der Waals surface area contributed by atoms with Gasteiger partial charge in [-0.15, -0.1) is 0 Å². The van der Waals surface area contributed by atoms with Crippen molar-refractivity contribution in [1.29, 1.82) is 0 Å². The largest absolute Gasteiger partial charge is 0.391 e. The van der Waals surface area contributed by atoms with Crippen LogP contribution in [0.25, 0.3) is 0 Å². The summed E-state index contributed by atoms with van der Waals surface area (Å²) in [6.07, 6.45) is 1.36. The lowest BCUT2D eigenvalue weighted by Gasteiger charge is -2.27. The lowest BCUT2D eigenvalue weighted by atomic mass is 9.81. The molecule has 7 heteroatoms. The summed E-state index contributed by atoms with van der Waals surface area (Å²) < 4.78 is 0. The summed E-state index contributed by atoms with van der Waals surface area (Å²) in [4.78, 5) is 17.4. The topological polar surface area (TPSA) is 64.0 Å². The van der Waals surface area contributed by atoms with Crippen molar-refractivity contribution in [1.82, 2.24) is 0 Å². The molecule has 1 aliphatic carbocycles. The van der Waals surface area contributed by atoms with Gasteiger partial charge in [0.15, 0.2) is 5.78 Å². The molecule has 36 heavy (non-hydrogen) atoms. The highest BCUT2D eigenvalue weighted by atomic mass is 35.5. The van der Waals surface area contributed by atoms with Crippen molar-refractivity contribution >= 4 is 40.4 Å². The molecule has 5 rings (SSSR count). The summed E-state index contributed by atoms with van der Waals surface area (Å²) in [7, 11) is 3.91. The molecule has 4 atom stereocenters. The van der Waals surface area contributed by atoms with Crippen LogP contribution in [0.1, 0.15) is 38.8 Å². The highest BCUT2D eigenvalue weighted by Gasteiger charge is 2.50. The molecule has 2 aliphatic heterocycles. The number of halogens is 2. The first-order chi connectivity index (χ1) is 16.8. The normalized spacial score (nSPS) is 30.4. The van der Waals surface area contributed by atoms with Gasteiger partial charge in [-0.3, -0.25) is 4.79 Å². The van der Waals surface area contributed by atoms with E-state index in [-0.39, 0.29) is 5.78 Å². The SMILES string of the molecule is CN1/C(=C\C2C(=O)C(O)C(/C=C3\N(C)c4ccc(Cl)cc4C3(C)C)C2O)C(C)(C)c2cc(Cl)ccc21. The third-order valence-corrected chi connectivity index (χ3v) is 8.89. The molecule has 3 aliphatic rings. The third kappa shape index (κ3) is 3.55. The van der Waals surface area contributed by atoms with Gasteiger partial charge in [-0.25, -0.2) is 0 Å². The lowest BCUT2D eigenvalue weighted by Crippen LogP contribution is -2.29. The van der Waals surface area contributed by atoms with Crippen LogP contribution in [0.3, 0.4) is 0 Å². The first-order valence-corrected chi connectivity index (χ1v) is 12.9. The summed E-state index contributed by atoms with van der Waals surface area (Å²) in [6, 6.07) is 11.6. The smallest absolute Gasteiger partial charge is 0.171 e. The van der Waals surface area contributed by atoms with Gasteiger partial charge in [-0.2, -0.15) is 0 Å². The predicted octanol–water partition coefficient (Wildman–Crippen LogP) is 5.45. The van der Waals surface area contributed by atoms with Gasteiger partial charge in [0, 0.05) is 63.7 Å². The molecular weight excluding hydrogens is 495 g/mol. The predicted molar refractivity (Wildman–Crippen MR) is 146 cm³/mol. The molecule has 190 valence electrons. The van der Waals surface area contributed by atoms with Gasteiger partial charge in [0.1, 0.15) is 6.10 Å². The monoisotopic (exact) mass is 526 g/mol. The summed E-state index contributed by atoms with van der Waals surface area (Å²) in [5.74, 6) is -1.92. The minimum absolute atomic E-state index is 0.367. The fraction of sp³-hybridized carbons (Fsp3) is 0.414. The standard InChI is InChI=1S/C29H32Cl2N2O3/c1-28(2)19-11-15(30)7-9-21(19)32(5)23(28)13-17-25(34)18(27(36)26(17)35)14-24-29(3,4)20-12-16(31)8-10-22(20)33(24)6/h7-14,17-18,25-26,34-35H,1-6H3/b23-13-,24-14-. The number of hydrogen-bond acceptors (Lipinski definition) is 5. The summed E-state index contributed by atoms with van der Waals surface area (Å²) in [6.45, 7) is 8.34. The Balaban J connectivity index is 1.51. The van der Waals surface area contributed by atoms with E-state index in [4.69, 9.17) is 23.2 Å². The van der Waals surface area contributed by atoms with Gasteiger partial charge in [-0.1, -0.05) is 63.0 Å². The highest BCUT2D eigenvalue weighted by Crippen LogP contribution is 2.51. The van der Waals surface area contributed by atoms with Crippen LogP contribution in [-0.2, 0) is 15.6 Å². The molecule has 2 heterocycles. The van der Waals surface area contributed by atoms with Crippen LogP contribution >= 0.6 is 23.2 Å². The Morgan fingerprint density at radius 1 is 0.806 bits per heavy atom. The van der Waals surface area contributed by atoms with E-state index in [0.717, 1.165) is 33.9 Å².